The van der Waals surface area contributed by atoms with Gasteiger partial charge in [0.05, 0.1) is 25.1 Å². The number of aromatic nitrogens is 3. The number of pyridine rings is 1. The van der Waals surface area contributed by atoms with Gasteiger partial charge in [0.2, 0.25) is 0 Å². The van der Waals surface area contributed by atoms with Crippen molar-refractivity contribution < 1.29 is 4.74 Å². The minimum absolute atomic E-state index is 0.510. The van der Waals surface area contributed by atoms with E-state index >= 15 is 0 Å². The summed E-state index contributed by atoms with van der Waals surface area (Å²) in [4.78, 5) is 7.26. The fourth-order valence-corrected chi connectivity index (χ4v) is 3.85. The number of hydrogen-bond donors (Lipinski definition) is 1. The van der Waals surface area contributed by atoms with E-state index in [1.54, 1.807) is 0 Å². The van der Waals surface area contributed by atoms with Crippen molar-refractivity contribution in [1.82, 2.24) is 14.8 Å². The maximum atomic E-state index is 6.39. The van der Waals surface area contributed by atoms with Crippen molar-refractivity contribution in [1.29, 1.82) is 0 Å². The largest absolute Gasteiger partial charge is 0.382 e. The summed E-state index contributed by atoms with van der Waals surface area (Å²) in [7, 11) is 0. The molecule has 2 aromatic carbocycles. The molecule has 0 unspecified atom stereocenters. The standard InChI is InChI=1S/C23H23N5O/c24-22-21-19(18-9-5-2-6-10-18)15-20(27-11-13-29-14-12-27)25-23(21)28(26-22)16-17-7-3-1-4-8-17/h1-10,15H,11-14,16H2,(H2,24,26). The molecule has 29 heavy (non-hydrogen) atoms. The quantitative estimate of drug-likeness (QED) is 0.582. The second-order valence-electron chi connectivity index (χ2n) is 7.22. The van der Waals surface area contributed by atoms with E-state index in [-0.39, 0.29) is 0 Å². The van der Waals surface area contributed by atoms with Gasteiger partial charge in [0.1, 0.15) is 5.82 Å². The minimum atomic E-state index is 0.510. The van der Waals surface area contributed by atoms with Gasteiger partial charge in [-0.3, -0.25) is 0 Å². The van der Waals surface area contributed by atoms with Crippen LogP contribution in [0.15, 0.2) is 66.7 Å². The lowest BCUT2D eigenvalue weighted by molar-refractivity contribution is 0.122. The molecule has 146 valence electrons. The fraction of sp³-hybridized carbons (Fsp3) is 0.217. The van der Waals surface area contributed by atoms with Crippen molar-refractivity contribution in [2.45, 2.75) is 6.54 Å². The van der Waals surface area contributed by atoms with Crippen molar-refractivity contribution in [2.24, 2.45) is 0 Å². The van der Waals surface area contributed by atoms with E-state index in [9.17, 15) is 0 Å². The first-order valence-corrected chi connectivity index (χ1v) is 9.89. The van der Waals surface area contributed by atoms with Crippen LogP contribution in [-0.4, -0.2) is 41.1 Å². The predicted molar refractivity (Wildman–Crippen MR) is 116 cm³/mol. The van der Waals surface area contributed by atoms with Crippen LogP contribution in [-0.2, 0) is 11.3 Å². The Kier molecular flexibility index (Phi) is 4.62. The van der Waals surface area contributed by atoms with Crippen LogP contribution in [0.3, 0.4) is 0 Å². The maximum Gasteiger partial charge on any atom is 0.163 e. The van der Waals surface area contributed by atoms with Gasteiger partial charge in [-0.1, -0.05) is 60.7 Å². The maximum absolute atomic E-state index is 6.39. The van der Waals surface area contributed by atoms with Crippen LogP contribution in [0.2, 0.25) is 0 Å². The van der Waals surface area contributed by atoms with Crippen molar-refractivity contribution in [2.75, 3.05) is 36.9 Å². The molecule has 6 heteroatoms. The second-order valence-corrected chi connectivity index (χ2v) is 7.22. The van der Waals surface area contributed by atoms with Gasteiger partial charge in [0.25, 0.3) is 0 Å². The Balaban J connectivity index is 1.69. The molecular formula is C23H23N5O. The molecule has 1 saturated heterocycles. The summed E-state index contributed by atoms with van der Waals surface area (Å²) in [6.45, 7) is 3.71. The average molecular weight is 385 g/mol. The Morgan fingerprint density at radius 1 is 0.931 bits per heavy atom. The first kappa shape index (κ1) is 17.7. The van der Waals surface area contributed by atoms with Crippen LogP contribution < -0.4 is 10.6 Å². The van der Waals surface area contributed by atoms with Gasteiger partial charge in [-0.2, -0.15) is 5.10 Å². The number of rotatable bonds is 4. The molecule has 0 amide bonds. The van der Waals surface area contributed by atoms with Crippen LogP contribution in [0.1, 0.15) is 5.56 Å². The van der Waals surface area contributed by atoms with Gasteiger partial charge in [0.15, 0.2) is 11.5 Å². The second kappa shape index (κ2) is 7.56. The Morgan fingerprint density at radius 2 is 1.62 bits per heavy atom. The summed E-state index contributed by atoms with van der Waals surface area (Å²) < 4.78 is 7.44. The lowest BCUT2D eigenvalue weighted by Gasteiger charge is -2.28. The molecule has 1 aliphatic rings. The summed E-state index contributed by atoms with van der Waals surface area (Å²) in [5, 5.41) is 5.55. The van der Waals surface area contributed by atoms with E-state index in [1.165, 1.54) is 0 Å². The van der Waals surface area contributed by atoms with Gasteiger partial charge >= 0.3 is 0 Å². The zero-order valence-corrected chi connectivity index (χ0v) is 16.2. The highest BCUT2D eigenvalue weighted by atomic mass is 16.5. The van der Waals surface area contributed by atoms with Gasteiger partial charge < -0.3 is 15.4 Å². The third-order valence-corrected chi connectivity index (χ3v) is 5.31. The number of anilines is 2. The normalized spacial score (nSPS) is 14.4. The molecule has 0 saturated carbocycles. The molecule has 4 aromatic rings. The molecule has 5 rings (SSSR count). The topological polar surface area (TPSA) is 69.2 Å². The molecular weight excluding hydrogens is 362 g/mol. The van der Waals surface area contributed by atoms with Crippen LogP contribution in [0.25, 0.3) is 22.2 Å². The Hall–Kier alpha value is -3.38. The first-order chi connectivity index (χ1) is 14.3. The molecule has 2 aromatic heterocycles. The summed E-state index contributed by atoms with van der Waals surface area (Å²) in [6, 6.07) is 22.7. The van der Waals surface area contributed by atoms with E-state index in [2.05, 4.69) is 40.3 Å². The Morgan fingerprint density at radius 3 is 2.34 bits per heavy atom. The SMILES string of the molecule is Nc1nn(Cc2ccccc2)c2nc(N3CCOCC3)cc(-c3ccccc3)c12. The Labute approximate surface area is 169 Å². The number of nitrogens with two attached hydrogens (primary N) is 1. The number of ether oxygens (including phenoxy) is 1. The lowest BCUT2D eigenvalue weighted by Crippen LogP contribution is -2.36. The summed E-state index contributed by atoms with van der Waals surface area (Å²) in [6.07, 6.45) is 0. The monoisotopic (exact) mass is 385 g/mol. The van der Waals surface area contributed by atoms with Crippen molar-refractivity contribution in [3.05, 3.63) is 72.3 Å². The van der Waals surface area contributed by atoms with Crippen molar-refractivity contribution >= 4 is 22.7 Å². The van der Waals surface area contributed by atoms with Gasteiger partial charge in [0, 0.05) is 18.7 Å². The van der Waals surface area contributed by atoms with E-state index in [0.29, 0.717) is 25.6 Å². The number of fused-ring (bicyclic) bond motifs is 1. The van der Waals surface area contributed by atoms with E-state index in [0.717, 1.165) is 46.6 Å². The van der Waals surface area contributed by atoms with Crippen LogP contribution in [0, 0.1) is 0 Å². The van der Waals surface area contributed by atoms with Gasteiger partial charge in [-0.25, -0.2) is 9.67 Å². The van der Waals surface area contributed by atoms with Crippen LogP contribution in [0.4, 0.5) is 11.6 Å². The highest BCUT2D eigenvalue weighted by Gasteiger charge is 2.20. The van der Waals surface area contributed by atoms with Crippen molar-refractivity contribution in [3.63, 3.8) is 0 Å². The molecule has 0 bridgehead atoms. The molecule has 0 radical (unpaired) electrons. The van der Waals surface area contributed by atoms with E-state index < -0.39 is 0 Å². The molecule has 6 nitrogen and oxygen atoms in total. The molecule has 0 aliphatic carbocycles. The van der Waals surface area contributed by atoms with E-state index in [4.69, 9.17) is 15.5 Å². The number of nitrogens with zero attached hydrogens (tertiary/aromatic N) is 4. The molecule has 0 spiro atoms. The molecule has 1 fully saturated rings. The third kappa shape index (κ3) is 3.43. The third-order valence-electron chi connectivity index (χ3n) is 5.31. The number of nitrogen functional groups attached to an aromatic ring is 1. The molecule has 1 aliphatic heterocycles. The first-order valence-electron chi connectivity index (χ1n) is 9.89. The Bertz CT molecular complexity index is 1120. The predicted octanol–water partition coefficient (Wildman–Crippen LogP) is 3.57. The highest BCUT2D eigenvalue weighted by Crippen LogP contribution is 2.35. The van der Waals surface area contributed by atoms with Crippen LogP contribution >= 0.6 is 0 Å². The zero-order chi connectivity index (χ0) is 19.6. The highest BCUT2D eigenvalue weighted by molar-refractivity contribution is 6.01. The molecule has 2 N–H and O–H groups in total. The smallest absolute Gasteiger partial charge is 0.163 e. The van der Waals surface area contributed by atoms with E-state index in [1.807, 2.05) is 41.1 Å². The van der Waals surface area contributed by atoms with Gasteiger partial charge in [-0.05, 0) is 17.2 Å². The number of benzene rings is 2. The average Bonchev–Trinajstić information content (AvgIpc) is 3.10. The van der Waals surface area contributed by atoms with Gasteiger partial charge in [-0.15, -0.1) is 0 Å². The fourth-order valence-electron chi connectivity index (χ4n) is 3.85. The summed E-state index contributed by atoms with van der Waals surface area (Å²) in [5.41, 5.74) is 10.5. The molecule has 0 atom stereocenters. The van der Waals surface area contributed by atoms with Crippen LogP contribution in [0.5, 0.6) is 0 Å². The summed E-state index contributed by atoms with van der Waals surface area (Å²) >= 11 is 0. The summed E-state index contributed by atoms with van der Waals surface area (Å²) in [5.74, 6) is 1.45. The number of hydrogen-bond acceptors (Lipinski definition) is 5. The van der Waals surface area contributed by atoms with Crippen molar-refractivity contribution in [3.8, 4) is 11.1 Å². The number of morpholine rings is 1. The zero-order valence-electron chi connectivity index (χ0n) is 16.2. The molecule has 3 heterocycles. The lowest BCUT2D eigenvalue weighted by atomic mass is 10.0. The minimum Gasteiger partial charge on any atom is -0.382 e.